The summed E-state index contributed by atoms with van der Waals surface area (Å²) in [5, 5.41) is 3.19. The Balaban J connectivity index is 2.06. The minimum atomic E-state index is -0.581. The number of aromatic amines is 1. The second kappa shape index (κ2) is 10.5. The molecule has 7 nitrogen and oxygen atoms in total. The average molecular weight is 455 g/mol. The number of carbonyl (C=O) groups excluding carboxylic acids is 2. The van der Waals surface area contributed by atoms with Crippen molar-refractivity contribution < 1.29 is 14.3 Å². The van der Waals surface area contributed by atoms with Crippen LogP contribution in [0.4, 0.5) is 0 Å². The van der Waals surface area contributed by atoms with E-state index in [2.05, 4.69) is 46.2 Å². The Morgan fingerprint density at radius 3 is 2.48 bits per heavy atom. The maximum atomic E-state index is 13.4. The molecule has 33 heavy (non-hydrogen) atoms. The highest BCUT2D eigenvalue weighted by atomic mass is 16.6. The van der Waals surface area contributed by atoms with Crippen molar-refractivity contribution in [3.05, 3.63) is 54.1 Å². The number of nitrogens with one attached hydrogen (secondary N) is 2. The first kappa shape index (κ1) is 25.0. The third-order valence-electron chi connectivity index (χ3n) is 5.96. The van der Waals surface area contributed by atoms with Gasteiger partial charge in [-0.05, 0) is 45.1 Å². The molecule has 2 heterocycles. The Hall–Kier alpha value is -2.67. The van der Waals surface area contributed by atoms with E-state index in [0.29, 0.717) is 18.9 Å². The van der Waals surface area contributed by atoms with Crippen LogP contribution in [0.25, 0.3) is 0 Å². The maximum absolute atomic E-state index is 13.4. The molecule has 0 radical (unpaired) electrons. The minimum Gasteiger partial charge on any atom is -0.459 e. The smallest absolute Gasteiger partial charge is 0.323 e. The van der Waals surface area contributed by atoms with Gasteiger partial charge in [-0.2, -0.15) is 0 Å². The summed E-state index contributed by atoms with van der Waals surface area (Å²) in [5.41, 5.74) is 0.533. The van der Waals surface area contributed by atoms with Crippen molar-refractivity contribution in [2.45, 2.75) is 90.6 Å². The molecule has 1 aromatic carbocycles. The fraction of sp³-hybridized carbons (Fsp3) is 0.577. The molecule has 4 atom stereocenters. The van der Waals surface area contributed by atoms with Crippen LogP contribution in [-0.4, -0.2) is 50.5 Å². The van der Waals surface area contributed by atoms with E-state index in [1.54, 1.807) is 13.1 Å². The van der Waals surface area contributed by atoms with Crippen LogP contribution < -0.4 is 5.32 Å². The molecule has 1 fully saturated rings. The molecule has 1 unspecified atom stereocenters. The molecule has 0 bridgehead atoms. The van der Waals surface area contributed by atoms with E-state index < -0.39 is 11.6 Å². The fourth-order valence-electron chi connectivity index (χ4n) is 4.88. The van der Waals surface area contributed by atoms with Gasteiger partial charge in [0.2, 0.25) is 5.91 Å². The van der Waals surface area contributed by atoms with Crippen LogP contribution in [0, 0.1) is 5.92 Å². The normalized spacial score (nSPS) is 22.3. The third kappa shape index (κ3) is 6.67. The monoisotopic (exact) mass is 454 g/mol. The molecule has 3 rings (SSSR count). The number of likely N-dealkylation sites (tertiary alicyclic amines) is 1. The van der Waals surface area contributed by atoms with Gasteiger partial charge >= 0.3 is 5.97 Å². The predicted molar refractivity (Wildman–Crippen MR) is 128 cm³/mol. The molecule has 1 saturated heterocycles. The Morgan fingerprint density at radius 2 is 1.94 bits per heavy atom. The average Bonchev–Trinajstić information content (AvgIpc) is 3.34. The zero-order chi connectivity index (χ0) is 24.2. The molecule has 2 aromatic rings. The number of amides is 1. The molecular weight excluding hydrogens is 416 g/mol. The number of esters is 1. The standard InChI is InChI=1S/C26H38N4O3/c1-17(2)14-21(29-18(3)31)23-20(24-27-12-13-28-24)15-22(25(32)33-26(4,5)6)30(23)16-19-10-8-7-9-11-19/h7-13,17,20-23H,14-16H2,1-6H3,(H,27,28)(H,29,31)/t20-,21+,22?,23-/m1/s1. The van der Waals surface area contributed by atoms with Crippen molar-refractivity contribution in [1.29, 1.82) is 0 Å². The molecule has 2 N–H and O–H groups in total. The number of hydrogen-bond donors (Lipinski definition) is 2. The first-order chi connectivity index (χ1) is 15.5. The predicted octanol–water partition coefficient (Wildman–Crippen LogP) is 4.03. The summed E-state index contributed by atoms with van der Waals surface area (Å²) < 4.78 is 5.85. The highest BCUT2D eigenvalue weighted by Gasteiger charge is 2.50. The minimum absolute atomic E-state index is 0.0446. The summed E-state index contributed by atoms with van der Waals surface area (Å²) in [6.45, 7) is 12.1. The Morgan fingerprint density at radius 1 is 1.24 bits per heavy atom. The quantitative estimate of drug-likeness (QED) is 0.588. The van der Waals surface area contributed by atoms with Crippen molar-refractivity contribution in [3.8, 4) is 0 Å². The molecule has 0 saturated carbocycles. The molecule has 180 valence electrons. The van der Waals surface area contributed by atoms with E-state index in [1.807, 2.05) is 45.2 Å². The molecule has 0 spiro atoms. The second-order valence-corrected chi connectivity index (χ2v) is 10.5. The van der Waals surface area contributed by atoms with Crippen molar-refractivity contribution in [3.63, 3.8) is 0 Å². The zero-order valence-corrected chi connectivity index (χ0v) is 20.7. The number of hydrogen-bond acceptors (Lipinski definition) is 5. The topological polar surface area (TPSA) is 87.3 Å². The molecular formula is C26H38N4O3. The van der Waals surface area contributed by atoms with Gasteiger partial charge in [0.05, 0.1) is 0 Å². The fourth-order valence-corrected chi connectivity index (χ4v) is 4.88. The Bertz CT molecular complexity index is 905. The zero-order valence-electron chi connectivity index (χ0n) is 20.7. The highest BCUT2D eigenvalue weighted by Crippen LogP contribution is 2.41. The van der Waals surface area contributed by atoms with E-state index in [9.17, 15) is 9.59 Å². The lowest BCUT2D eigenvalue weighted by Crippen LogP contribution is -2.53. The van der Waals surface area contributed by atoms with Crippen LogP contribution in [-0.2, 0) is 20.9 Å². The number of benzene rings is 1. The number of ether oxygens (including phenoxy) is 1. The first-order valence-corrected chi connectivity index (χ1v) is 11.8. The van der Waals surface area contributed by atoms with Crippen LogP contribution in [0.5, 0.6) is 0 Å². The van der Waals surface area contributed by atoms with Gasteiger partial charge in [0, 0.05) is 43.9 Å². The Labute approximate surface area is 197 Å². The van der Waals surface area contributed by atoms with Crippen LogP contribution in [0.15, 0.2) is 42.7 Å². The van der Waals surface area contributed by atoms with Gasteiger partial charge in [-0.1, -0.05) is 44.2 Å². The second-order valence-electron chi connectivity index (χ2n) is 10.5. The van der Waals surface area contributed by atoms with Crippen molar-refractivity contribution in [2.75, 3.05) is 0 Å². The van der Waals surface area contributed by atoms with E-state index in [-0.39, 0.29) is 29.9 Å². The third-order valence-corrected chi connectivity index (χ3v) is 5.96. The van der Waals surface area contributed by atoms with Gasteiger partial charge < -0.3 is 15.0 Å². The summed E-state index contributed by atoms with van der Waals surface area (Å²) in [6, 6.07) is 9.46. The summed E-state index contributed by atoms with van der Waals surface area (Å²) in [4.78, 5) is 35.7. The lowest BCUT2D eigenvalue weighted by atomic mass is 9.87. The first-order valence-electron chi connectivity index (χ1n) is 11.8. The number of nitrogens with zero attached hydrogens (tertiary/aromatic N) is 2. The van der Waals surface area contributed by atoms with Gasteiger partial charge in [0.25, 0.3) is 0 Å². The number of rotatable bonds is 8. The SMILES string of the molecule is CC(=O)N[C@@H](CC(C)C)[C@H]1[C@H](c2ncc[nH]2)CC(C(=O)OC(C)(C)C)N1Cc1ccccc1. The molecule has 0 aliphatic carbocycles. The van der Waals surface area contributed by atoms with Crippen LogP contribution >= 0.6 is 0 Å². The Kier molecular flexibility index (Phi) is 7.95. The molecule has 1 amide bonds. The van der Waals surface area contributed by atoms with E-state index >= 15 is 0 Å². The van der Waals surface area contributed by atoms with Crippen molar-refractivity contribution >= 4 is 11.9 Å². The van der Waals surface area contributed by atoms with Crippen LogP contribution in [0.1, 0.15) is 71.7 Å². The number of carbonyl (C=O) groups is 2. The van der Waals surface area contributed by atoms with Crippen molar-refractivity contribution in [1.82, 2.24) is 20.2 Å². The van der Waals surface area contributed by atoms with Gasteiger partial charge in [-0.25, -0.2) is 4.98 Å². The van der Waals surface area contributed by atoms with Gasteiger partial charge in [0.15, 0.2) is 0 Å². The van der Waals surface area contributed by atoms with Gasteiger partial charge in [0.1, 0.15) is 17.5 Å². The number of H-pyrrole nitrogens is 1. The lowest BCUT2D eigenvalue weighted by Gasteiger charge is -2.37. The highest BCUT2D eigenvalue weighted by molar-refractivity contribution is 5.77. The van der Waals surface area contributed by atoms with E-state index in [4.69, 9.17) is 4.74 Å². The molecule has 7 heteroatoms. The van der Waals surface area contributed by atoms with Gasteiger partial charge in [-0.3, -0.25) is 14.5 Å². The lowest BCUT2D eigenvalue weighted by molar-refractivity contribution is -0.161. The molecule has 1 aliphatic rings. The molecule has 1 aliphatic heterocycles. The number of aromatic nitrogens is 2. The molecule has 1 aromatic heterocycles. The maximum Gasteiger partial charge on any atom is 0.323 e. The van der Waals surface area contributed by atoms with E-state index in [1.165, 1.54) is 0 Å². The van der Waals surface area contributed by atoms with Gasteiger partial charge in [-0.15, -0.1) is 0 Å². The van der Waals surface area contributed by atoms with Crippen LogP contribution in [0.2, 0.25) is 0 Å². The van der Waals surface area contributed by atoms with Crippen molar-refractivity contribution in [2.24, 2.45) is 5.92 Å². The largest absolute Gasteiger partial charge is 0.459 e. The van der Waals surface area contributed by atoms with Crippen LogP contribution in [0.3, 0.4) is 0 Å². The summed E-state index contributed by atoms with van der Waals surface area (Å²) in [5.74, 6) is 0.862. The number of imidazole rings is 1. The summed E-state index contributed by atoms with van der Waals surface area (Å²) in [7, 11) is 0. The summed E-state index contributed by atoms with van der Waals surface area (Å²) in [6.07, 6.45) is 4.93. The summed E-state index contributed by atoms with van der Waals surface area (Å²) >= 11 is 0. The van der Waals surface area contributed by atoms with E-state index in [0.717, 1.165) is 17.8 Å².